The van der Waals surface area contributed by atoms with E-state index in [1.165, 1.54) is 11.8 Å². The number of ketones is 1. The summed E-state index contributed by atoms with van der Waals surface area (Å²) in [6, 6.07) is 20.6. The molecule has 0 N–H and O–H groups in total. The first kappa shape index (κ1) is 23.4. The van der Waals surface area contributed by atoms with Crippen LogP contribution in [0, 0.1) is 13.8 Å². The summed E-state index contributed by atoms with van der Waals surface area (Å²) in [4.78, 5) is 12.7. The fourth-order valence-corrected chi connectivity index (χ4v) is 4.55. The molecule has 168 valence electrons. The molecule has 3 aromatic carbocycles. The van der Waals surface area contributed by atoms with E-state index in [4.69, 9.17) is 27.9 Å². The van der Waals surface area contributed by atoms with Gasteiger partial charge in [0.2, 0.25) is 0 Å². The Morgan fingerprint density at radius 3 is 2.48 bits per heavy atom. The van der Waals surface area contributed by atoms with Gasteiger partial charge in [-0.25, -0.2) is 0 Å². The molecule has 0 aliphatic rings. The SMILES string of the molecule is Cc1ccc(C(=O)CSc2nnc(COc3ccc(Cl)cc3Cl)n2-c2ccccc2C)cc1. The Kier molecular flexibility index (Phi) is 7.38. The molecular weight excluding hydrogens is 477 g/mol. The summed E-state index contributed by atoms with van der Waals surface area (Å²) in [6.07, 6.45) is 0. The van der Waals surface area contributed by atoms with Crippen molar-refractivity contribution in [3.05, 3.63) is 99.3 Å². The molecule has 4 aromatic rings. The quantitative estimate of drug-likeness (QED) is 0.199. The number of para-hydroxylation sites is 1. The number of rotatable bonds is 8. The van der Waals surface area contributed by atoms with E-state index in [0.717, 1.165) is 16.8 Å². The first-order valence-corrected chi connectivity index (χ1v) is 12.0. The summed E-state index contributed by atoms with van der Waals surface area (Å²) in [5.74, 6) is 1.38. The highest BCUT2D eigenvalue weighted by Gasteiger charge is 2.18. The number of aromatic nitrogens is 3. The van der Waals surface area contributed by atoms with E-state index in [9.17, 15) is 4.79 Å². The third kappa shape index (κ3) is 5.58. The van der Waals surface area contributed by atoms with Gasteiger partial charge in [0, 0.05) is 10.6 Å². The maximum Gasteiger partial charge on any atom is 0.196 e. The number of ether oxygens (including phenoxy) is 1. The third-order valence-electron chi connectivity index (χ3n) is 5.01. The molecule has 0 atom stereocenters. The van der Waals surface area contributed by atoms with Crippen molar-refractivity contribution in [1.82, 2.24) is 14.8 Å². The maximum atomic E-state index is 12.7. The molecule has 0 aliphatic carbocycles. The lowest BCUT2D eigenvalue weighted by atomic mass is 10.1. The number of nitrogens with zero attached hydrogens (tertiary/aromatic N) is 3. The molecule has 0 unspecified atom stereocenters. The van der Waals surface area contributed by atoms with Crippen molar-refractivity contribution in [1.29, 1.82) is 0 Å². The normalized spacial score (nSPS) is 10.9. The van der Waals surface area contributed by atoms with Gasteiger partial charge in [-0.1, -0.05) is 83.0 Å². The lowest BCUT2D eigenvalue weighted by Crippen LogP contribution is -2.09. The third-order valence-corrected chi connectivity index (χ3v) is 6.47. The zero-order valence-corrected chi connectivity index (χ0v) is 20.4. The number of carbonyl (C=O) groups is 1. The molecular formula is C25H21Cl2N3O2S. The molecule has 33 heavy (non-hydrogen) atoms. The van der Waals surface area contributed by atoms with E-state index < -0.39 is 0 Å². The van der Waals surface area contributed by atoms with Gasteiger partial charge in [0.25, 0.3) is 0 Å². The van der Waals surface area contributed by atoms with Crippen LogP contribution in [0.4, 0.5) is 0 Å². The first-order chi connectivity index (χ1) is 15.9. The number of carbonyl (C=O) groups excluding carboxylic acids is 1. The molecule has 0 saturated carbocycles. The summed E-state index contributed by atoms with van der Waals surface area (Å²) in [5.41, 5.74) is 3.77. The lowest BCUT2D eigenvalue weighted by Gasteiger charge is -2.13. The van der Waals surface area contributed by atoms with Crippen molar-refractivity contribution >= 4 is 40.7 Å². The van der Waals surface area contributed by atoms with Gasteiger partial charge in [-0.05, 0) is 43.7 Å². The molecule has 5 nitrogen and oxygen atoms in total. The summed E-state index contributed by atoms with van der Waals surface area (Å²) < 4.78 is 7.83. The highest BCUT2D eigenvalue weighted by molar-refractivity contribution is 7.99. The van der Waals surface area contributed by atoms with Crippen LogP contribution in [0.2, 0.25) is 10.0 Å². The molecule has 0 amide bonds. The fourth-order valence-electron chi connectivity index (χ4n) is 3.23. The minimum absolute atomic E-state index is 0.0325. The van der Waals surface area contributed by atoms with Gasteiger partial charge in [0.15, 0.2) is 16.8 Å². The van der Waals surface area contributed by atoms with Gasteiger partial charge in [-0.2, -0.15) is 0 Å². The fraction of sp³-hybridized carbons (Fsp3) is 0.160. The number of halogens is 2. The average molecular weight is 498 g/mol. The van der Waals surface area contributed by atoms with E-state index in [1.54, 1.807) is 18.2 Å². The Morgan fingerprint density at radius 1 is 1.00 bits per heavy atom. The van der Waals surface area contributed by atoms with Crippen LogP contribution in [0.25, 0.3) is 5.69 Å². The van der Waals surface area contributed by atoms with Crippen LogP contribution < -0.4 is 4.74 Å². The average Bonchev–Trinajstić information content (AvgIpc) is 3.20. The molecule has 0 aliphatic heterocycles. The second kappa shape index (κ2) is 10.4. The van der Waals surface area contributed by atoms with E-state index in [2.05, 4.69) is 10.2 Å². The Labute approximate surface area is 206 Å². The minimum Gasteiger partial charge on any atom is -0.484 e. The lowest BCUT2D eigenvalue weighted by molar-refractivity contribution is 0.102. The molecule has 0 bridgehead atoms. The van der Waals surface area contributed by atoms with Gasteiger partial charge in [0.05, 0.1) is 16.5 Å². The molecule has 4 rings (SSSR count). The van der Waals surface area contributed by atoms with Crippen molar-refractivity contribution in [3.63, 3.8) is 0 Å². The predicted molar refractivity (Wildman–Crippen MR) is 133 cm³/mol. The molecule has 8 heteroatoms. The molecule has 1 aromatic heterocycles. The van der Waals surface area contributed by atoms with Crippen molar-refractivity contribution in [2.24, 2.45) is 0 Å². The van der Waals surface area contributed by atoms with E-state index in [0.29, 0.717) is 32.3 Å². The molecule has 0 spiro atoms. The van der Waals surface area contributed by atoms with Crippen LogP contribution >= 0.6 is 35.0 Å². The summed E-state index contributed by atoms with van der Waals surface area (Å²) in [6.45, 7) is 4.16. The molecule has 0 radical (unpaired) electrons. The van der Waals surface area contributed by atoms with Gasteiger partial charge in [-0.15, -0.1) is 10.2 Å². The predicted octanol–water partition coefficient (Wildman–Crippen LogP) is 6.74. The Balaban J connectivity index is 1.59. The minimum atomic E-state index is 0.0325. The van der Waals surface area contributed by atoms with E-state index in [-0.39, 0.29) is 18.1 Å². The van der Waals surface area contributed by atoms with Crippen molar-refractivity contribution < 1.29 is 9.53 Å². The maximum absolute atomic E-state index is 12.7. The number of aryl methyl sites for hydroxylation is 2. The van der Waals surface area contributed by atoms with Crippen molar-refractivity contribution in [3.8, 4) is 11.4 Å². The van der Waals surface area contributed by atoms with Crippen molar-refractivity contribution in [2.45, 2.75) is 25.6 Å². The van der Waals surface area contributed by atoms with Crippen LogP contribution in [-0.4, -0.2) is 26.3 Å². The van der Waals surface area contributed by atoms with Crippen LogP contribution in [0.1, 0.15) is 27.3 Å². The van der Waals surface area contributed by atoms with Gasteiger partial charge in [-0.3, -0.25) is 9.36 Å². The Hall–Kier alpha value is -2.80. The number of hydrogen-bond acceptors (Lipinski definition) is 5. The Bertz CT molecular complexity index is 1290. The highest BCUT2D eigenvalue weighted by atomic mass is 35.5. The summed E-state index contributed by atoms with van der Waals surface area (Å²) in [5, 5.41) is 10.3. The van der Waals surface area contributed by atoms with Crippen molar-refractivity contribution in [2.75, 3.05) is 5.75 Å². The molecule has 0 saturated heterocycles. The summed E-state index contributed by atoms with van der Waals surface area (Å²) in [7, 11) is 0. The largest absolute Gasteiger partial charge is 0.484 e. The van der Waals surface area contributed by atoms with Crippen LogP contribution in [0.3, 0.4) is 0 Å². The van der Waals surface area contributed by atoms with Gasteiger partial charge >= 0.3 is 0 Å². The molecule has 1 heterocycles. The van der Waals surface area contributed by atoms with Crippen LogP contribution in [-0.2, 0) is 6.61 Å². The Morgan fingerprint density at radius 2 is 1.76 bits per heavy atom. The smallest absolute Gasteiger partial charge is 0.196 e. The second-order valence-corrected chi connectivity index (χ2v) is 9.25. The summed E-state index contributed by atoms with van der Waals surface area (Å²) >= 11 is 13.6. The number of benzene rings is 3. The number of hydrogen-bond donors (Lipinski definition) is 0. The number of Topliss-reactive ketones (excluding diaryl/α,β-unsaturated/α-hetero) is 1. The second-order valence-electron chi connectivity index (χ2n) is 7.46. The van der Waals surface area contributed by atoms with Gasteiger partial charge in [0.1, 0.15) is 12.4 Å². The van der Waals surface area contributed by atoms with Crippen LogP contribution in [0.5, 0.6) is 5.75 Å². The zero-order chi connectivity index (χ0) is 23.4. The topological polar surface area (TPSA) is 57.0 Å². The molecule has 0 fully saturated rings. The van der Waals surface area contributed by atoms with Crippen LogP contribution in [0.15, 0.2) is 71.9 Å². The first-order valence-electron chi connectivity index (χ1n) is 10.2. The van der Waals surface area contributed by atoms with E-state index >= 15 is 0 Å². The van der Waals surface area contributed by atoms with Gasteiger partial charge < -0.3 is 4.74 Å². The number of thioether (sulfide) groups is 1. The monoisotopic (exact) mass is 497 g/mol. The van der Waals surface area contributed by atoms with E-state index in [1.807, 2.05) is 66.9 Å². The zero-order valence-electron chi connectivity index (χ0n) is 18.1. The highest BCUT2D eigenvalue weighted by Crippen LogP contribution is 2.29. The standard InChI is InChI=1S/C25H21Cl2N3O2S/c1-16-7-9-18(10-8-16)22(31)15-33-25-29-28-24(30(25)21-6-4-3-5-17(21)2)14-32-23-12-11-19(26)13-20(23)27/h3-13H,14-15H2,1-2H3.